The van der Waals surface area contributed by atoms with Crippen LogP contribution >= 0.6 is 0 Å². The second-order valence-corrected chi connectivity index (χ2v) is 5.54. The quantitative estimate of drug-likeness (QED) is 0.612. The Balaban J connectivity index is 2.72. The zero-order valence-corrected chi connectivity index (χ0v) is 9.80. The molecule has 6 nitrogen and oxygen atoms in total. The predicted molar refractivity (Wildman–Crippen MR) is 56.9 cm³/mol. The van der Waals surface area contributed by atoms with Gasteiger partial charge in [-0.25, -0.2) is 8.42 Å². The highest BCUT2D eigenvalue weighted by Crippen LogP contribution is 2.10. The first kappa shape index (κ1) is 12.4. The van der Waals surface area contributed by atoms with Crippen molar-refractivity contribution in [3.63, 3.8) is 0 Å². The number of sulfonamides is 1. The molecular formula is C8H17N3O3S. The van der Waals surface area contributed by atoms with E-state index < -0.39 is 16.1 Å². The van der Waals surface area contributed by atoms with E-state index in [1.807, 2.05) is 0 Å². The lowest BCUT2D eigenvalue weighted by Gasteiger charge is -2.31. The topological polar surface area (TPSA) is 78.5 Å². The third kappa shape index (κ3) is 2.90. The fraction of sp³-hybridized carbons (Fsp3) is 0.875. The van der Waals surface area contributed by atoms with Gasteiger partial charge in [0.25, 0.3) is 0 Å². The molecule has 0 aromatic heterocycles. The summed E-state index contributed by atoms with van der Waals surface area (Å²) >= 11 is 0. The minimum atomic E-state index is -3.32. The van der Waals surface area contributed by atoms with Crippen molar-refractivity contribution in [2.75, 3.05) is 32.4 Å². The Morgan fingerprint density at radius 1 is 1.60 bits per heavy atom. The summed E-state index contributed by atoms with van der Waals surface area (Å²) in [6.07, 6.45) is 0. The Labute approximate surface area is 90.1 Å². The van der Waals surface area contributed by atoms with Gasteiger partial charge >= 0.3 is 0 Å². The number of carbonyl (C=O) groups is 1. The van der Waals surface area contributed by atoms with Crippen molar-refractivity contribution in [1.29, 1.82) is 0 Å². The molecule has 2 N–H and O–H groups in total. The molecule has 1 unspecified atom stereocenters. The fourth-order valence-electron chi connectivity index (χ4n) is 1.49. The number of piperazine rings is 1. The lowest BCUT2D eigenvalue weighted by molar-refractivity contribution is -0.126. The van der Waals surface area contributed by atoms with E-state index in [1.54, 1.807) is 14.0 Å². The zero-order chi connectivity index (χ0) is 11.5. The van der Waals surface area contributed by atoms with Gasteiger partial charge < -0.3 is 10.6 Å². The van der Waals surface area contributed by atoms with Crippen molar-refractivity contribution in [2.45, 2.75) is 13.0 Å². The number of nitrogens with zero attached hydrogens (tertiary/aromatic N) is 1. The van der Waals surface area contributed by atoms with E-state index in [0.717, 1.165) is 0 Å². The predicted octanol–water partition coefficient (Wildman–Crippen LogP) is -1.64. The third-order valence-electron chi connectivity index (χ3n) is 2.41. The molecule has 0 bridgehead atoms. The van der Waals surface area contributed by atoms with Crippen LogP contribution in [-0.4, -0.2) is 57.1 Å². The zero-order valence-electron chi connectivity index (χ0n) is 8.99. The Bertz CT molecular complexity index is 328. The number of carbonyl (C=O) groups excluding carboxylic acids is 1. The number of amides is 1. The van der Waals surface area contributed by atoms with Gasteiger partial charge in [0, 0.05) is 19.6 Å². The minimum absolute atomic E-state index is 0.0289. The number of hydrogen-bond donors (Lipinski definition) is 2. The first-order chi connectivity index (χ1) is 6.99. The van der Waals surface area contributed by atoms with E-state index in [1.165, 1.54) is 4.31 Å². The van der Waals surface area contributed by atoms with Gasteiger partial charge in [0.15, 0.2) is 0 Å². The molecule has 88 valence electrons. The monoisotopic (exact) mass is 235 g/mol. The van der Waals surface area contributed by atoms with Gasteiger partial charge in [-0.3, -0.25) is 4.79 Å². The fourth-order valence-corrected chi connectivity index (χ4v) is 3.13. The van der Waals surface area contributed by atoms with Gasteiger partial charge in [0.2, 0.25) is 15.9 Å². The molecule has 0 aromatic carbocycles. The standard InChI is InChI=1S/C8H17N3O3S/c1-7-8(12)10-3-5-11(7)15(13,14)6-4-9-2/h7,9H,3-6H2,1-2H3,(H,10,12). The molecule has 1 amide bonds. The summed E-state index contributed by atoms with van der Waals surface area (Å²) in [4.78, 5) is 11.3. The van der Waals surface area contributed by atoms with Crippen molar-refractivity contribution in [3.05, 3.63) is 0 Å². The summed E-state index contributed by atoms with van der Waals surface area (Å²) in [6.45, 7) is 2.75. The highest BCUT2D eigenvalue weighted by atomic mass is 32.2. The molecule has 0 aliphatic carbocycles. The van der Waals surface area contributed by atoms with E-state index in [4.69, 9.17) is 0 Å². The highest BCUT2D eigenvalue weighted by Gasteiger charge is 2.33. The Morgan fingerprint density at radius 2 is 2.27 bits per heavy atom. The maximum atomic E-state index is 11.8. The summed E-state index contributed by atoms with van der Waals surface area (Å²) < 4.78 is 24.9. The average molecular weight is 235 g/mol. The van der Waals surface area contributed by atoms with Crippen LogP contribution in [0.4, 0.5) is 0 Å². The maximum Gasteiger partial charge on any atom is 0.238 e. The number of rotatable bonds is 4. The summed E-state index contributed by atoms with van der Waals surface area (Å²) in [5, 5.41) is 5.41. The Kier molecular flexibility index (Phi) is 4.06. The smallest absolute Gasteiger partial charge is 0.238 e. The normalized spacial score (nSPS) is 23.9. The van der Waals surface area contributed by atoms with Gasteiger partial charge in [-0.1, -0.05) is 0 Å². The van der Waals surface area contributed by atoms with Crippen LogP contribution in [0.5, 0.6) is 0 Å². The molecular weight excluding hydrogens is 218 g/mol. The second kappa shape index (κ2) is 4.91. The lowest BCUT2D eigenvalue weighted by Crippen LogP contribution is -2.56. The first-order valence-electron chi connectivity index (χ1n) is 4.91. The van der Waals surface area contributed by atoms with Crippen LogP contribution in [0.15, 0.2) is 0 Å². The molecule has 0 aromatic rings. The summed E-state index contributed by atoms with van der Waals surface area (Å²) in [5.41, 5.74) is 0. The van der Waals surface area contributed by atoms with Crippen LogP contribution < -0.4 is 10.6 Å². The van der Waals surface area contributed by atoms with Crippen molar-refractivity contribution >= 4 is 15.9 Å². The SMILES string of the molecule is CNCCS(=O)(=O)N1CCNC(=O)C1C. The van der Waals surface area contributed by atoms with Gasteiger partial charge in [0.1, 0.15) is 6.04 Å². The molecule has 0 spiro atoms. The molecule has 1 rings (SSSR count). The van der Waals surface area contributed by atoms with Gasteiger partial charge in [0.05, 0.1) is 5.75 Å². The lowest BCUT2D eigenvalue weighted by atomic mass is 10.2. The van der Waals surface area contributed by atoms with E-state index >= 15 is 0 Å². The summed E-state index contributed by atoms with van der Waals surface area (Å²) in [6, 6.07) is -0.597. The molecule has 1 saturated heterocycles. The first-order valence-corrected chi connectivity index (χ1v) is 6.52. The van der Waals surface area contributed by atoms with Crippen LogP contribution in [0.1, 0.15) is 6.92 Å². The number of hydrogen-bond acceptors (Lipinski definition) is 4. The van der Waals surface area contributed by atoms with E-state index in [-0.39, 0.29) is 11.7 Å². The van der Waals surface area contributed by atoms with Crippen LogP contribution in [0.25, 0.3) is 0 Å². The summed E-state index contributed by atoms with van der Waals surface area (Å²) in [7, 11) is -1.62. The van der Waals surface area contributed by atoms with Gasteiger partial charge in [-0.15, -0.1) is 0 Å². The highest BCUT2D eigenvalue weighted by molar-refractivity contribution is 7.89. The molecule has 15 heavy (non-hydrogen) atoms. The minimum Gasteiger partial charge on any atom is -0.353 e. The van der Waals surface area contributed by atoms with Crippen molar-refractivity contribution in [2.24, 2.45) is 0 Å². The maximum absolute atomic E-state index is 11.8. The Morgan fingerprint density at radius 3 is 2.87 bits per heavy atom. The Hall–Kier alpha value is -0.660. The van der Waals surface area contributed by atoms with Crippen molar-refractivity contribution < 1.29 is 13.2 Å². The third-order valence-corrected chi connectivity index (χ3v) is 4.34. The molecule has 1 aliphatic rings. The molecule has 1 atom stereocenters. The summed E-state index contributed by atoms with van der Waals surface area (Å²) in [5.74, 6) is -0.199. The van der Waals surface area contributed by atoms with Crippen LogP contribution in [0.3, 0.4) is 0 Å². The van der Waals surface area contributed by atoms with E-state index in [2.05, 4.69) is 10.6 Å². The molecule has 1 fully saturated rings. The average Bonchev–Trinajstić information content (AvgIpc) is 2.19. The largest absolute Gasteiger partial charge is 0.353 e. The second-order valence-electron chi connectivity index (χ2n) is 3.50. The molecule has 1 aliphatic heterocycles. The van der Waals surface area contributed by atoms with Crippen LogP contribution in [0, 0.1) is 0 Å². The van der Waals surface area contributed by atoms with Crippen molar-refractivity contribution in [1.82, 2.24) is 14.9 Å². The molecule has 7 heteroatoms. The molecule has 0 saturated carbocycles. The van der Waals surface area contributed by atoms with Crippen LogP contribution in [0.2, 0.25) is 0 Å². The number of nitrogens with one attached hydrogen (secondary N) is 2. The van der Waals surface area contributed by atoms with Crippen LogP contribution in [-0.2, 0) is 14.8 Å². The van der Waals surface area contributed by atoms with E-state index in [0.29, 0.717) is 19.6 Å². The van der Waals surface area contributed by atoms with E-state index in [9.17, 15) is 13.2 Å². The molecule has 1 heterocycles. The van der Waals surface area contributed by atoms with Gasteiger partial charge in [-0.05, 0) is 14.0 Å². The van der Waals surface area contributed by atoms with Gasteiger partial charge in [-0.2, -0.15) is 4.31 Å². The van der Waals surface area contributed by atoms with Crippen molar-refractivity contribution in [3.8, 4) is 0 Å². The molecule has 0 radical (unpaired) electrons.